The average molecular weight is 481 g/mol. The summed E-state index contributed by atoms with van der Waals surface area (Å²) in [5, 5.41) is 3.23. The number of hydrogen-bond acceptors (Lipinski definition) is 6. The van der Waals surface area contributed by atoms with Crippen molar-refractivity contribution in [2.45, 2.75) is 19.3 Å². The number of carbonyl (C=O) groups excluding carboxylic acids is 1. The van der Waals surface area contributed by atoms with Gasteiger partial charge in [0.1, 0.15) is 22.8 Å². The van der Waals surface area contributed by atoms with Crippen LogP contribution in [0, 0.1) is 0 Å². The lowest BCUT2D eigenvalue weighted by Crippen LogP contribution is -2.40. The fraction of sp³-hybridized carbons (Fsp3) is 0.320. The standard InChI is InChI=1S/C25H29N4O4P/c1-3-26-24(30)22-15-19-14-20(18-4-6-21(7-5-18)33-17(2)34)16-27-23(19)29(25(22)31)9-8-28-10-12-32-13-11-28/h3-7,14-17H,1,8-13,34H2,2H3,(H,26,30). The molecule has 34 heavy (non-hydrogen) atoms. The molecule has 2 aromatic heterocycles. The lowest BCUT2D eigenvalue weighted by molar-refractivity contribution is 0.0364. The molecule has 9 heteroatoms. The van der Waals surface area contributed by atoms with Gasteiger partial charge in [0.2, 0.25) is 0 Å². The minimum absolute atomic E-state index is 0.0162. The van der Waals surface area contributed by atoms with Gasteiger partial charge in [0, 0.05) is 43.3 Å². The summed E-state index contributed by atoms with van der Waals surface area (Å²) in [6.07, 6.45) is 3.03. The summed E-state index contributed by atoms with van der Waals surface area (Å²) >= 11 is 0. The quantitative estimate of drug-likeness (QED) is 0.499. The molecule has 2 atom stereocenters. The first-order valence-electron chi connectivity index (χ1n) is 11.2. The van der Waals surface area contributed by atoms with Crippen molar-refractivity contribution in [3.63, 3.8) is 0 Å². The van der Waals surface area contributed by atoms with Crippen molar-refractivity contribution in [3.05, 3.63) is 71.3 Å². The maximum atomic E-state index is 13.2. The van der Waals surface area contributed by atoms with Gasteiger partial charge in [-0.05, 0) is 43.0 Å². The predicted molar refractivity (Wildman–Crippen MR) is 136 cm³/mol. The molecular formula is C25H29N4O4P. The first-order valence-corrected chi connectivity index (χ1v) is 11.9. The van der Waals surface area contributed by atoms with Crippen LogP contribution < -0.4 is 15.6 Å². The molecule has 1 fully saturated rings. The monoisotopic (exact) mass is 480 g/mol. The van der Waals surface area contributed by atoms with E-state index < -0.39 is 5.91 Å². The van der Waals surface area contributed by atoms with Crippen LogP contribution in [0.4, 0.5) is 0 Å². The maximum absolute atomic E-state index is 13.2. The van der Waals surface area contributed by atoms with Crippen LogP contribution in [0.1, 0.15) is 17.3 Å². The number of nitrogens with one attached hydrogen (secondary N) is 1. The molecule has 1 aromatic carbocycles. The van der Waals surface area contributed by atoms with Crippen molar-refractivity contribution < 1.29 is 14.3 Å². The third-order valence-corrected chi connectivity index (χ3v) is 5.79. The van der Waals surface area contributed by atoms with E-state index in [1.54, 1.807) is 16.8 Å². The average Bonchev–Trinajstić information content (AvgIpc) is 2.84. The van der Waals surface area contributed by atoms with Crippen molar-refractivity contribution in [1.82, 2.24) is 19.8 Å². The molecule has 3 heterocycles. The summed E-state index contributed by atoms with van der Waals surface area (Å²) in [6, 6.07) is 11.3. The van der Waals surface area contributed by atoms with Crippen molar-refractivity contribution in [2.75, 3.05) is 32.8 Å². The SMILES string of the molecule is C=CNC(=O)c1cc2cc(-c3ccc(OC(C)P)cc3)cnc2n(CCN2CCOCC2)c1=O. The molecule has 1 amide bonds. The van der Waals surface area contributed by atoms with E-state index in [0.29, 0.717) is 37.3 Å². The Hall–Kier alpha value is -3.06. The Balaban J connectivity index is 1.72. The minimum atomic E-state index is -0.486. The lowest BCUT2D eigenvalue weighted by atomic mass is 10.1. The largest absolute Gasteiger partial charge is 0.487 e. The van der Waals surface area contributed by atoms with Gasteiger partial charge in [0.05, 0.1) is 13.2 Å². The second-order valence-corrected chi connectivity index (χ2v) is 9.07. The molecule has 1 aliphatic heterocycles. The second kappa shape index (κ2) is 10.9. The highest BCUT2D eigenvalue weighted by atomic mass is 31.0. The van der Waals surface area contributed by atoms with Gasteiger partial charge in [-0.2, -0.15) is 0 Å². The number of fused-ring (bicyclic) bond motifs is 1. The van der Waals surface area contributed by atoms with Gasteiger partial charge in [0.25, 0.3) is 11.5 Å². The van der Waals surface area contributed by atoms with Crippen LogP contribution in [0.3, 0.4) is 0 Å². The molecule has 0 radical (unpaired) electrons. The molecule has 0 bridgehead atoms. The van der Waals surface area contributed by atoms with E-state index in [-0.39, 0.29) is 17.0 Å². The number of carbonyl (C=O) groups is 1. The van der Waals surface area contributed by atoms with E-state index in [4.69, 9.17) is 9.47 Å². The lowest BCUT2D eigenvalue weighted by Gasteiger charge is -2.27. The molecule has 0 saturated carbocycles. The molecule has 0 spiro atoms. The molecule has 0 aliphatic carbocycles. The third-order valence-electron chi connectivity index (χ3n) is 5.66. The van der Waals surface area contributed by atoms with E-state index in [1.807, 2.05) is 37.3 Å². The topological polar surface area (TPSA) is 85.7 Å². The second-order valence-electron chi connectivity index (χ2n) is 8.13. The van der Waals surface area contributed by atoms with Gasteiger partial charge in [-0.25, -0.2) is 4.98 Å². The van der Waals surface area contributed by atoms with Crippen LogP contribution in [-0.2, 0) is 11.3 Å². The zero-order chi connectivity index (χ0) is 24.1. The third kappa shape index (κ3) is 5.53. The van der Waals surface area contributed by atoms with Gasteiger partial charge < -0.3 is 14.8 Å². The Morgan fingerprint density at radius 1 is 1.24 bits per heavy atom. The summed E-state index contributed by atoms with van der Waals surface area (Å²) in [7, 11) is 2.60. The number of rotatable bonds is 8. The van der Waals surface area contributed by atoms with Crippen LogP contribution >= 0.6 is 9.24 Å². The molecule has 3 aromatic rings. The molecule has 178 valence electrons. The number of benzene rings is 1. The predicted octanol–water partition coefficient (Wildman–Crippen LogP) is 2.87. The molecular weight excluding hydrogens is 451 g/mol. The Bertz CT molecular complexity index is 1230. The Labute approximate surface area is 200 Å². The van der Waals surface area contributed by atoms with E-state index >= 15 is 0 Å². The number of pyridine rings is 2. The summed E-state index contributed by atoms with van der Waals surface area (Å²) in [4.78, 5) is 32.7. The maximum Gasteiger partial charge on any atom is 0.265 e. The highest BCUT2D eigenvalue weighted by molar-refractivity contribution is 7.17. The zero-order valence-corrected chi connectivity index (χ0v) is 20.4. The fourth-order valence-corrected chi connectivity index (χ4v) is 4.13. The van der Waals surface area contributed by atoms with Crippen molar-refractivity contribution in [2.24, 2.45) is 0 Å². The number of morpholine rings is 1. The van der Waals surface area contributed by atoms with E-state index in [0.717, 1.165) is 30.0 Å². The smallest absolute Gasteiger partial charge is 0.265 e. The zero-order valence-electron chi connectivity index (χ0n) is 19.2. The summed E-state index contributed by atoms with van der Waals surface area (Å²) < 4.78 is 12.7. The normalized spacial score (nSPS) is 15.1. The van der Waals surface area contributed by atoms with E-state index in [9.17, 15) is 9.59 Å². The van der Waals surface area contributed by atoms with Crippen molar-refractivity contribution >= 4 is 26.2 Å². The molecule has 1 N–H and O–H groups in total. The Morgan fingerprint density at radius 3 is 2.65 bits per heavy atom. The number of amides is 1. The molecule has 8 nitrogen and oxygen atoms in total. The minimum Gasteiger partial charge on any atom is -0.487 e. The summed E-state index contributed by atoms with van der Waals surface area (Å²) in [5.74, 6) is 0.309. The molecule has 1 saturated heterocycles. The van der Waals surface area contributed by atoms with Gasteiger partial charge in [-0.3, -0.25) is 19.1 Å². The molecule has 2 unspecified atom stereocenters. The summed E-state index contributed by atoms with van der Waals surface area (Å²) in [5.41, 5.74) is 2.08. The molecule has 1 aliphatic rings. The van der Waals surface area contributed by atoms with E-state index in [1.165, 1.54) is 6.20 Å². The molecule has 4 rings (SSSR count). The van der Waals surface area contributed by atoms with Crippen LogP contribution in [0.25, 0.3) is 22.2 Å². The Kier molecular flexibility index (Phi) is 7.73. The summed E-state index contributed by atoms with van der Waals surface area (Å²) in [6.45, 7) is 9.57. The van der Waals surface area contributed by atoms with Crippen LogP contribution in [0.5, 0.6) is 5.75 Å². The number of nitrogens with zero attached hydrogens (tertiary/aromatic N) is 3. The first-order chi connectivity index (χ1) is 16.5. The van der Waals surface area contributed by atoms with Crippen LogP contribution in [0.2, 0.25) is 0 Å². The fourth-order valence-electron chi connectivity index (χ4n) is 3.97. The first kappa shape index (κ1) is 24.1. The number of ether oxygens (including phenoxy) is 2. The highest BCUT2D eigenvalue weighted by Gasteiger charge is 2.18. The van der Waals surface area contributed by atoms with Crippen molar-refractivity contribution in [1.29, 1.82) is 0 Å². The number of hydrogen-bond donors (Lipinski definition) is 1. The van der Waals surface area contributed by atoms with Crippen LogP contribution in [-0.4, -0.2) is 59.1 Å². The van der Waals surface area contributed by atoms with Crippen molar-refractivity contribution in [3.8, 4) is 16.9 Å². The van der Waals surface area contributed by atoms with Gasteiger partial charge in [-0.1, -0.05) is 28.0 Å². The Morgan fingerprint density at radius 2 is 1.97 bits per heavy atom. The van der Waals surface area contributed by atoms with Crippen LogP contribution in [0.15, 0.2) is 60.2 Å². The van der Waals surface area contributed by atoms with Gasteiger partial charge in [0.15, 0.2) is 0 Å². The highest BCUT2D eigenvalue weighted by Crippen LogP contribution is 2.26. The van der Waals surface area contributed by atoms with Gasteiger partial charge >= 0.3 is 0 Å². The van der Waals surface area contributed by atoms with E-state index in [2.05, 4.69) is 31.0 Å². The van der Waals surface area contributed by atoms with Gasteiger partial charge in [-0.15, -0.1) is 0 Å². The number of aromatic nitrogens is 2.